The molecule has 0 saturated carbocycles. The normalized spacial score (nSPS) is 19.1. The molecule has 3 N–H and O–H groups in total. The molecule has 0 unspecified atom stereocenters. The summed E-state index contributed by atoms with van der Waals surface area (Å²) in [7, 11) is 0. The molecule has 2 aromatic carbocycles. The van der Waals surface area contributed by atoms with Crippen LogP contribution in [-0.2, 0) is 39.7 Å². The summed E-state index contributed by atoms with van der Waals surface area (Å²) in [4.78, 5) is 51.6. The van der Waals surface area contributed by atoms with E-state index in [4.69, 9.17) is 41.0 Å². The van der Waals surface area contributed by atoms with Crippen molar-refractivity contribution < 1.29 is 47.6 Å². The number of esters is 3. The number of nitrogens with zero attached hydrogens (tertiary/aromatic N) is 4. The number of rotatable bonds is 13. The SMILES string of the molecule is CCOC(=O)c1ccccc1-c1ccc(CC(OC[C@H]2O[C@@H](n3cnc4c(N)nc(Cl)nc43)[C@@H](F)[C@@H]2O)(C(=O)OCC)C(=O)OCC)cc1. The van der Waals surface area contributed by atoms with Gasteiger partial charge in [-0.25, -0.2) is 23.8 Å². The van der Waals surface area contributed by atoms with Crippen molar-refractivity contribution in [3.05, 3.63) is 71.3 Å². The fraction of sp³-hybridized carbons (Fsp3) is 0.394. The number of carbonyl (C=O) groups excluding carboxylic acids is 3. The van der Waals surface area contributed by atoms with Crippen LogP contribution in [0.25, 0.3) is 22.3 Å². The van der Waals surface area contributed by atoms with E-state index in [0.717, 1.165) is 0 Å². The zero-order valence-corrected chi connectivity index (χ0v) is 27.6. The second-order valence-electron chi connectivity index (χ2n) is 10.9. The Labute approximate surface area is 285 Å². The molecule has 1 fully saturated rings. The molecule has 0 aliphatic carbocycles. The number of benzene rings is 2. The molecule has 1 aliphatic rings. The van der Waals surface area contributed by atoms with Gasteiger partial charge in [0, 0.05) is 6.42 Å². The highest BCUT2D eigenvalue weighted by Gasteiger charge is 2.53. The highest BCUT2D eigenvalue weighted by Crippen LogP contribution is 2.36. The number of halogens is 2. The van der Waals surface area contributed by atoms with Crippen LogP contribution in [0.2, 0.25) is 5.28 Å². The summed E-state index contributed by atoms with van der Waals surface area (Å²) in [5.41, 5.74) is 5.85. The second-order valence-corrected chi connectivity index (χ2v) is 11.3. The molecule has 4 aromatic rings. The molecule has 14 nitrogen and oxygen atoms in total. The third-order valence-electron chi connectivity index (χ3n) is 7.83. The van der Waals surface area contributed by atoms with Crippen LogP contribution in [0.3, 0.4) is 0 Å². The zero-order valence-electron chi connectivity index (χ0n) is 26.9. The van der Waals surface area contributed by atoms with Gasteiger partial charge in [-0.1, -0.05) is 42.5 Å². The van der Waals surface area contributed by atoms with Gasteiger partial charge >= 0.3 is 17.9 Å². The Bertz CT molecular complexity index is 1800. The van der Waals surface area contributed by atoms with Crippen LogP contribution < -0.4 is 5.73 Å². The van der Waals surface area contributed by atoms with E-state index in [1.54, 1.807) is 69.3 Å². The maximum atomic E-state index is 15.5. The Balaban J connectivity index is 1.42. The minimum absolute atomic E-state index is 0.0347. The van der Waals surface area contributed by atoms with Crippen LogP contribution in [0, 0.1) is 0 Å². The predicted octanol–water partition coefficient (Wildman–Crippen LogP) is 3.63. The first-order valence-electron chi connectivity index (χ1n) is 15.5. The van der Waals surface area contributed by atoms with Crippen LogP contribution in [0.1, 0.15) is 42.9 Å². The van der Waals surface area contributed by atoms with E-state index >= 15 is 4.39 Å². The van der Waals surface area contributed by atoms with Crippen LogP contribution in [0.15, 0.2) is 54.9 Å². The molecule has 0 radical (unpaired) electrons. The van der Waals surface area contributed by atoms with Crippen LogP contribution >= 0.6 is 11.6 Å². The number of nitrogen functional groups attached to an aromatic ring is 1. The zero-order chi connectivity index (χ0) is 35.3. The molecule has 1 saturated heterocycles. The number of alkyl halides is 1. The highest BCUT2D eigenvalue weighted by molar-refractivity contribution is 6.28. The summed E-state index contributed by atoms with van der Waals surface area (Å²) in [5, 5.41) is 10.6. The van der Waals surface area contributed by atoms with Crippen molar-refractivity contribution in [2.75, 3.05) is 32.2 Å². The predicted molar refractivity (Wildman–Crippen MR) is 173 cm³/mol. The number of aliphatic hydroxyl groups is 1. The Morgan fingerprint density at radius 3 is 2.31 bits per heavy atom. The molecule has 1 aliphatic heterocycles. The molecule has 0 bridgehead atoms. The lowest BCUT2D eigenvalue weighted by atomic mass is 9.92. The number of hydrogen-bond donors (Lipinski definition) is 2. The number of imidazole rings is 1. The van der Waals surface area contributed by atoms with Crippen molar-refractivity contribution in [2.45, 2.75) is 57.4 Å². The highest BCUT2D eigenvalue weighted by atomic mass is 35.5. The molecular formula is C33H35ClFN5O9. The number of ether oxygens (including phenoxy) is 5. The van der Waals surface area contributed by atoms with Gasteiger partial charge in [-0.15, -0.1) is 0 Å². The van der Waals surface area contributed by atoms with Crippen molar-refractivity contribution in [2.24, 2.45) is 0 Å². The number of aromatic nitrogens is 4. The molecular weight excluding hydrogens is 665 g/mol. The standard InChI is InChI=1S/C33H35ClFN5O9/c1-4-45-29(42)21-10-8-7-9-20(21)19-13-11-18(12-14-19)15-33(30(43)46-5-2,31(44)47-6-3)48-16-22-25(41)23(35)28(49-22)40-17-37-24-26(36)38-32(34)39-27(24)40/h7-14,17,22-23,25,28,41H,4-6,15-16H2,1-3H3,(H2,36,38,39)/t22-,23+,25-,28-/m1/s1. The van der Waals surface area contributed by atoms with Crippen LogP contribution in [-0.4, -0.2) is 92.9 Å². The van der Waals surface area contributed by atoms with E-state index in [1.807, 2.05) is 0 Å². The van der Waals surface area contributed by atoms with Gasteiger partial charge in [-0.05, 0) is 55.1 Å². The van der Waals surface area contributed by atoms with E-state index in [1.165, 1.54) is 10.9 Å². The molecule has 3 heterocycles. The summed E-state index contributed by atoms with van der Waals surface area (Å²) >= 11 is 5.95. The first-order valence-corrected chi connectivity index (χ1v) is 15.9. The van der Waals surface area contributed by atoms with Gasteiger partial charge in [-0.2, -0.15) is 9.97 Å². The maximum Gasteiger partial charge on any atom is 0.350 e. The van der Waals surface area contributed by atoms with E-state index in [2.05, 4.69) is 15.0 Å². The number of nitrogens with two attached hydrogens (primary N) is 1. The fourth-order valence-corrected chi connectivity index (χ4v) is 5.66. The minimum atomic E-state index is -2.36. The molecule has 260 valence electrons. The fourth-order valence-electron chi connectivity index (χ4n) is 5.49. The van der Waals surface area contributed by atoms with Crippen molar-refractivity contribution in [1.29, 1.82) is 0 Å². The number of hydrogen-bond acceptors (Lipinski definition) is 13. The van der Waals surface area contributed by atoms with Gasteiger partial charge in [0.05, 0.1) is 38.3 Å². The lowest BCUT2D eigenvalue weighted by Crippen LogP contribution is -2.54. The van der Waals surface area contributed by atoms with Crippen molar-refractivity contribution in [3.63, 3.8) is 0 Å². The lowest BCUT2D eigenvalue weighted by Gasteiger charge is -2.31. The molecule has 0 spiro atoms. The van der Waals surface area contributed by atoms with E-state index in [-0.39, 0.29) is 48.5 Å². The third kappa shape index (κ3) is 7.20. The minimum Gasteiger partial charge on any atom is -0.463 e. The monoisotopic (exact) mass is 699 g/mol. The van der Waals surface area contributed by atoms with Crippen LogP contribution in [0.5, 0.6) is 0 Å². The van der Waals surface area contributed by atoms with Crippen molar-refractivity contribution in [3.8, 4) is 11.1 Å². The van der Waals surface area contributed by atoms with E-state index in [0.29, 0.717) is 22.3 Å². The molecule has 4 atom stereocenters. The Morgan fingerprint density at radius 2 is 1.65 bits per heavy atom. The largest absolute Gasteiger partial charge is 0.463 e. The van der Waals surface area contributed by atoms with Crippen molar-refractivity contribution >= 4 is 46.5 Å². The average Bonchev–Trinajstić information content (AvgIpc) is 3.63. The molecule has 0 amide bonds. The number of fused-ring (bicyclic) bond motifs is 1. The number of anilines is 1. The Hall–Kier alpha value is -4.70. The lowest BCUT2D eigenvalue weighted by molar-refractivity contribution is -0.197. The topological polar surface area (TPSA) is 187 Å². The molecule has 16 heteroatoms. The van der Waals surface area contributed by atoms with Gasteiger partial charge < -0.3 is 34.5 Å². The van der Waals surface area contributed by atoms with Gasteiger partial charge in [0.15, 0.2) is 23.9 Å². The first kappa shape index (κ1) is 35.6. The van der Waals surface area contributed by atoms with Crippen molar-refractivity contribution in [1.82, 2.24) is 19.5 Å². The quantitative estimate of drug-likeness (QED) is 0.0892. The summed E-state index contributed by atoms with van der Waals surface area (Å²) < 4.78 is 44.3. The summed E-state index contributed by atoms with van der Waals surface area (Å²) in [6, 6.07) is 13.7. The van der Waals surface area contributed by atoms with E-state index in [9.17, 15) is 19.5 Å². The molecule has 5 rings (SSSR count). The summed E-state index contributed by atoms with van der Waals surface area (Å²) in [6.45, 7) is 4.24. The van der Waals surface area contributed by atoms with Gasteiger partial charge in [0.1, 0.15) is 17.7 Å². The number of aliphatic hydroxyl groups excluding tert-OH is 1. The smallest absolute Gasteiger partial charge is 0.350 e. The second kappa shape index (κ2) is 15.2. The third-order valence-corrected chi connectivity index (χ3v) is 8.00. The Kier molecular flexibility index (Phi) is 11.1. The van der Waals surface area contributed by atoms with Gasteiger partial charge in [-0.3, -0.25) is 4.57 Å². The molecule has 2 aromatic heterocycles. The summed E-state index contributed by atoms with van der Waals surface area (Å²) in [5.74, 6) is -2.61. The van der Waals surface area contributed by atoms with E-state index < -0.39 is 54.7 Å². The van der Waals surface area contributed by atoms with Gasteiger partial charge in [0.2, 0.25) is 5.28 Å². The maximum absolute atomic E-state index is 15.5. The summed E-state index contributed by atoms with van der Waals surface area (Å²) in [6.07, 6.45) is -5.70. The average molecular weight is 700 g/mol. The molecule has 49 heavy (non-hydrogen) atoms. The van der Waals surface area contributed by atoms with Gasteiger partial charge in [0.25, 0.3) is 5.60 Å². The number of carbonyl (C=O) groups is 3. The van der Waals surface area contributed by atoms with Crippen LogP contribution in [0.4, 0.5) is 10.2 Å². The first-order chi connectivity index (χ1) is 23.5. The Morgan fingerprint density at radius 1 is 1.00 bits per heavy atom.